The average molecular weight is 190 g/mol. The summed E-state index contributed by atoms with van der Waals surface area (Å²) in [7, 11) is 0. The minimum Gasteiger partial charge on any atom is -0.307 e. The Kier molecular flexibility index (Phi) is 3.14. The highest BCUT2D eigenvalue weighted by Gasteiger charge is 2.17. The quantitative estimate of drug-likeness (QED) is 0.792. The largest absolute Gasteiger partial charge is 0.307 e. The van der Waals surface area contributed by atoms with Crippen LogP contribution in [-0.4, -0.2) is 11.0 Å². The Hall–Kier alpha value is -0.890. The fourth-order valence-corrected chi connectivity index (χ4v) is 2.19. The van der Waals surface area contributed by atoms with Crippen molar-refractivity contribution in [3.63, 3.8) is 0 Å². The molecule has 1 fully saturated rings. The summed E-state index contributed by atoms with van der Waals surface area (Å²) in [4.78, 5) is 4.03. The Morgan fingerprint density at radius 1 is 1.29 bits per heavy atom. The van der Waals surface area contributed by atoms with Crippen LogP contribution in [0.1, 0.15) is 44.2 Å². The predicted octanol–water partition coefficient (Wildman–Crippen LogP) is 2.67. The lowest BCUT2D eigenvalue weighted by Crippen LogP contribution is -2.28. The number of rotatable bonds is 3. The summed E-state index contributed by atoms with van der Waals surface area (Å²) in [5, 5.41) is 3.67. The maximum atomic E-state index is 4.03. The molecule has 1 aliphatic carbocycles. The molecule has 14 heavy (non-hydrogen) atoms. The summed E-state index contributed by atoms with van der Waals surface area (Å²) in [6, 6.07) is 5.37. The molecule has 0 bridgehead atoms. The number of nitrogens with one attached hydrogen (secondary N) is 1. The van der Waals surface area contributed by atoms with Gasteiger partial charge in [-0.3, -0.25) is 4.98 Å². The molecular formula is C12H18N2. The van der Waals surface area contributed by atoms with Crippen molar-refractivity contribution >= 4 is 0 Å². The lowest BCUT2D eigenvalue weighted by Gasteiger charge is -2.19. The molecular weight excluding hydrogens is 172 g/mol. The lowest BCUT2D eigenvalue weighted by atomic mass is 10.1. The van der Waals surface area contributed by atoms with Crippen LogP contribution in [0.5, 0.6) is 0 Å². The van der Waals surface area contributed by atoms with Crippen LogP contribution in [0.2, 0.25) is 0 Å². The zero-order chi connectivity index (χ0) is 9.80. The van der Waals surface area contributed by atoms with Crippen LogP contribution in [0.3, 0.4) is 0 Å². The lowest BCUT2D eigenvalue weighted by molar-refractivity contribution is 0.461. The smallest absolute Gasteiger partial charge is 0.0295 e. The van der Waals surface area contributed by atoms with Crippen molar-refractivity contribution in [3.8, 4) is 0 Å². The molecule has 1 atom stereocenters. The minimum atomic E-state index is 0.459. The van der Waals surface area contributed by atoms with Gasteiger partial charge in [0.2, 0.25) is 0 Å². The Balaban J connectivity index is 1.92. The molecule has 0 saturated heterocycles. The third-order valence-electron chi connectivity index (χ3n) is 3.05. The van der Waals surface area contributed by atoms with Crippen LogP contribution in [-0.2, 0) is 0 Å². The van der Waals surface area contributed by atoms with E-state index in [9.17, 15) is 0 Å². The third kappa shape index (κ3) is 2.32. The first-order valence-electron chi connectivity index (χ1n) is 5.52. The normalized spacial score (nSPS) is 19.8. The van der Waals surface area contributed by atoms with E-state index in [1.807, 2.05) is 12.4 Å². The van der Waals surface area contributed by atoms with Crippen molar-refractivity contribution in [2.24, 2.45) is 0 Å². The van der Waals surface area contributed by atoms with Crippen LogP contribution in [0.15, 0.2) is 24.5 Å². The predicted molar refractivity (Wildman–Crippen MR) is 58.0 cm³/mol. The van der Waals surface area contributed by atoms with Crippen molar-refractivity contribution in [1.82, 2.24) is 10.3 Å². The molecule has 1 saturated carbocycles. The van der Waals surface area contributed by atoms with Crippen LogP contribution >= 0.6 is 0 Å². The fraction of sp³-hybridized carbons (Fsp3) is 0.583. The van der Waals surface area contributed by atoms with E-state index in [2.05, 4.69) is 29.4 Å². The summed E-state index contributed by atoms with van der Waals surface area (Å²) >= 11 is 0. The molecule has 1 aliphatic rings. The van der Waals surface area contributed by atoms with E-state index in [1.54, 1.807) is 0 Å². The number of hydrogen-bond donors (Lipinski definition) is 1. The first-order chi connectivity index (χ1) is 6.86. The fourth-order valence-electron chi connectivity index (χ4n) is 2.19. The maximum Gasteiger partial charge on any atom is 0.0295 e. The molecule has 1 N–H and O–H groups in total. The van der Waals surface area contributed by atoms with E-state index < -0.39 is 0 Å². The minimum absolute atomic E-state index is 0.459. The van der Waals surface area contributed by atoms with Crippen molar-refractivity contribution in [2.45, 2.75) is 44.7 Å². The molecule has 2 rings (SSSR count). The van der Waals surface area contributed by atoms with Gasteiger partial charge in [-0.15, -0.1) is 0 Å². The number of pyridine rings is 1. The van der Waals surface area contributed by atoms with Gasteiger partial charge < -0.3 is 5.32 Å². The number of hydrogen-bond acceptors (Lipinski definition) is 2. The first kappa shape index (κ1) is 9.66. The van der Waals surface area contributed by atoms with E-state index in [0.717, 1.165) is 6.04 Å². The van der Waals surface area contributed by atoms with E-state index in [0.29, 0.717) is 6.04 Å². The van der Waals surface area contributed by atoms with E-state index in [4.69, 9.17) is 0 Å². The van der Waals surface area contributed by atoms with Crippen molar-refractivity contribution < 1.29 is 0 Å². The molecule has 0 unspecified atom stereocenters. The number of nitrogens with zero attached hydrogens (tertiary/aromatic N) is 1. The second kappa shape index (κ2) is 4.56. The SMILES string of the molecule is C[C@@H](NC1CCCC1)c1ccncc1. The highest BCUT2D eigenvalue weighted by atomic mass is 14.9. The van der Waals surface area contributed by atoms with Crippen LogP contribution in [0.25, 0.3) is 0 Å². The maximum absolute atomic E-state index is 4.03. The molecule has 0 aliphatic heterocycles. The molecule has 76 valence electrons. The molecule has 1 aromatic heterocycles. The van der Waals surface area contributed by atoms with Gasteiger partial charge in [-0.1, -0.05) is 12.8 Å². The van der Waals surface area contributed by atoms with Crippen LogP contribution < -0.4 is 5.32 Å². The van der Waals surface area contributed by atoms with Gasteiger partial charge >= 0.3 is 0 Å². The van der Waals surface area contributed by atoms with Gasteiger partial charge in [0.15, 0.2) is 0 Å². The molecule has 2 heteroatoms. The van der Waals surface area contributed by atoms with Gasteiger partial charge in [0, 0.05) is 24.5 Å². The molecule has 1 aromatic rings. The summed E-state index contributed by atoms with van der Waals surface area (Å²) < 4.78 is 0. The Morgan fingerprint density at radius 2 is 1.93 bits per heavy atom. The van der Waals surface area contributed by atoms with Gasteiger partial charge in [-0.25, -0.2) is 0 Å². The van der Waals surface area contributed by atoms with Gasteiger partial charge in [0.25, 0.3) is 0 Å². The second-order valence-electron chi connectivity index (χ2n) is 4.15. The summed E-state index contributed by atoms with van der Waals surface area (Å²) in [5.41, 5.74) is 1.34. The van der Waals surface area contributed by atoms with Gasteiger partial charge in [0.1, 0.15) is 0 Å². The first-order valence-corrected chi connectivity index (χ1v) is 5.52. The van der Waals surface area contributed by atoms with Crippen LogP contribution in [0, 0.1) is 0 Å². The van der Waals surface area contributed by atoms with E-state index in [1.165, 1.54) is 31.2 Å². The molecule has 0 amide bonds. The van der Waals surface area contributed by atoms with Gasteiger partial charge in [-0.2, -0.15) is 0 Å². The van der Waals surface area contributed by atoms with Crippen molar-refractivity contribution in [1.29, 1.82) is 0 Å². The highest BCUT2D eigenvalue weighted by molar-refractivity contribution is 5.14. The summed E-state index contributed by atoms with van der Waals surface area (Å²) in [5.74, 6) is 0. The van der Waals surface area contributed by atoms with E-state index in [-0.39, 0.29) is 0 Å². The summed E-state index contributed by atoms with van der Waals surface area (Å²) in [6.45, 7) is 2.23. The van der Waals surface area contributed by atoms with Crippen molar-refractivity contribution in [3.05, 3.63) is 30.1 Å². The Labute approximate surface area is 85.7 Å². The molecule has 0 radical (unpaired) electrons. The summed E-state index contributed by atoms with van der Waals surface area (Å²) in [6.07, 6.45) is 9.19. The highest BCUT2D eigenvalue weighted by Crippen LogP contribution is 2.21. The number of aromatic nitrogens is 1. The van der Waals surface area contributed by atoms with E-state index >= 15 is 0 Å². The molecule has 0 aromatic carbocycles. The zero-order valence-corrected chi connectivity index (χ0v) is 8.74. The van der Waals surface area contributed by atoms with Crippen LogP contribution in [0.4, 0.5) is 0 Å². The molecule has 1 heterocycles. The second-order valence-corrected chi connectivity index (χ2v) is 4.15. The third-order valence-corrected chi connectivity index (χ3v) is 3.05. The monoisotopic (exact) mass is 190 g/mol. The molecule has 0 spiro atoms. The van der Waals surface area contributed by atoms with Gasteiger partial charge in [0.05, 0.1) is 0 Å². The molecule has 2 nitrogen and oxygen atoms in total. The average Bonchev–Trinajstić information content (AvgIpc) is 2.72. The standard InChI is InChI=1S/C12H18N2/c1-10(11-6-8-13-9-7-11)14-12-4-2-3-5-12/h6-10,12,14H,2-5H2,1H3/t10-/m1/s1. The Morgan fingerprint density at radius 3 is 2.57 bits per heavy atom. The Bertz CT molecular complexity index is 265. The zero-order valence-electron chi connectivity index (χ0n) is 8.74. The topological polar surface area (TPSA) is 24.9 Å². The van der Waals surface area contributed by atoms with Gasteiger partial charge in [-0.05, 0) is 37.5 Å². The van der Waals surface area contributed by atoms with Crippen molar-refractivity contribution in [2.75, 3.05) is 0 Å².